The Bertz CT molecular complexity index is 475. The summed E-state index contributed by atoms with van der Waals surface area (Å²) in [6.45, 7) is 8.46. The normalized spacial score (nSPS) is 11.8. The molecule has 3 nitrogen and oxygen atoms in total. The van der Waals surface area contributed by atoms with E-state index in [9.17, 15) is 0 Å². The summed E-state index contributed by atoms with van der Waals surface area (Å²) in [5, 5.41) is 0. The SMILES string of the molecule is Cc1cccn1-c1cnc(C(C)(C)C)cn1. The highest BCUT2D eigenvalue weighted by Crippen LogP contribution is 2.19. The van der Waals surface area contributed by atoms with Gasteiger partial charge in [-0.1, -0.05) is 20.8 Å². The molecule has 2 aromatic heterocycles. The van der Waals surface area contributed by atoms with Crippen LogP contribution in [0.3, 0.4) is 0 Å². The Morgan fingerprint density at radius 1 is 1.12 bits per heavy atom. The molecule has 0 aliphatic rings. The molecule has 0 fully saturated rings. The third kappa shape index (κ3) is 1.98. The van der Waals surface area contributed by atoms with Crippen LogP contribution in [0, 0.1) is 6.92 Å². The van der Waals surface area contributed by atoms with Gasteiger partial charge in [0, 0.05) is 17.3 Å². The summed E-state index contributed by atoms with van der Waals surface area (Å²) in [6, 6.07) is 4.06. The quantitative estimate of drug-likeness (QED) is 0.732. The zero-order valence-electron chi connectivity index (χ0n) is 10.2. The summed E-state index contributed by atoms with van der Waals surface area (Å²) < 4.78 is 2.03. The first kappa shape index (κ1) is 10.9. The van der Waals surface area contributed by atoms with Crippen LogP contribution in [0.4, 0.5) is 0 Å². The number of rotatable bonds is 1. The molecule has 3 heteroatoms. The van der Waals surface area contributed by atoms with Gasteiger partial charge in [0.05, 0.1) is 18.1 Å². The summed E-state index contributed by atoms with van der Waals surface area (Å²) in [6.07, 6.45) is 5.68. The van der Waals surface area contributed by atoms with E-state index in [0.29, 0.717) is 0 Å². The van der Waals surface area contributed by atoms with Crippen molar-refractivity contribution in [3.05, 3.63) is 42.1 Å². The Hall–Kier alpha value is -1.64. The first-order valence-corrected chi connectivity index (χ1v) is 5.45. The second kappa shape index (κ2) is 3.74. The Morgan fingerprint density at radius 3 is 2.31 bits per heavy atom. The maximum Gasteiger partial charge on any atom is 0.155 e. The van der Waals surface area contributed by atoms with Gasteiger partial charge in [0.25, 0.3) is 0 Å². The number of aromatic nitrogens is 3. The Labute approximate surface area is 96.2 Å². The Morgan fingerprint density at radius 2 is 1.88 bits per heavy atom. The van der Waals surface area contributed by atoms with E-state index in [4.69, 9.17) is 0 Å². The maximum absolute atomic E-state index is 4.46. The van der Waals surface area contributed by atoms with Gasteiger partial charge in [-0.05, 0) is 19.1 Å². The van der Waals surface area contributed by atoms with Crippen LogP contribution in [-0.4, -0.2) is 14.5 Å². The lowest BCUT2D eigenvalue weighted by Gasteiger charge is -2.17. The van der Waals surface area contributed by atoms with Crippen molar-refractivity contribution in [2.45, 2.75) is 33.1 Å². The van der Waals surface area contributed by atoms with Crippen molar-refractivity contribution in [1.29, 1.82) is 0 Å². The smallest absolute Gasteiger partial charge is 0.155 e. The van der Waals surface area contributed by atoms with E-state index in [1.807, 2.05) is 29.2 Å². The third-order valence-corrected chi connectivity index (χ3v) is 2.61. The van der Waals surface area contributed by atoms with Gasteiger partial charge in [0.15, 0.2) is 5.82 Å². The molecule has 2 rings (SSSR count). The monoisotopic (exact) mass is 215 g/mol. The predicted molar refractivity (Wildman–Crippen MR) is 64.8 cm³/mol. The molecule has 0 aliphatic heterocycles. The van der Waals surface area contributed by atoms with Gasteiger partial charge in [-0.25, -0.2) is 4.98 Å². The fourth-order valence-electron chi connectivity index (χ4n) is 1.56. The highest BCUT2D eigenvalue weighted by atomic mass is 15.1. The largest absolute Gasteiger partial charge is 0.305 e. The minimum absolute atomic E-state index is 0.0528. The second-order valence-corrected chi connectivity index (χ2v) is 5.03. The molecule has 2 aromatic rings. The highest BCUT2D eigenvalue weighted by Gasteiger charge is 2.15. The van der Waals surface area contributed by atoms with Crippen LogP contribution in [0.2, 0.25) is 0 Å². The number of hydrogen-bond acceptors (Lipinski definition) is 2. The maximum atomic E-state index is 4.46. The van der Waals surface area contributed by atoms with Crippen LogP contribution in [0.15, 0.2) is 30.7 Å². The van der Waals surface area contributed by atoms with E-state index in [1.165, 1.54) is 0 Å². The van der Waals surface area contributed by atoms with E-state index in [0.717, 1.165) is 17.2 Å². The van der Waals surface area contributed by atoms with Crippen molar-refractivity contribution in [1.82, 2.24) is 14.5 Å². The van der Waals surface area contributed by atoms with Gasteiger partial charge < -0.3 is 4.57 Å². The molecule has 0 atom stereocenters. The third-order valence-electron chi connectivity index (χ3n) is 2.61. The molecule has 0 spiro atoms. The van der Waals surface area contributed by atoms with Gasteiger partial charge >= 0.3 is 0 Å². The molecular formula is C13H17N3. The summed E-state index contributed by atoms with van der Waals surface area (Å²) in [5.74, 6) is 0.871. The van der Waals surface area contributed by atoms with E-state index in [2.05, 4.69) is 43.7 Å². The molecule has 2 heterocycles. The van der Waals surface area contributed by atoms with Crippen LogP contribution in [0.25, 0.3) is 5.82 Å². The van der Waals surface area contributed by atoms with Crippen LogP contribution in [-0.2, 0) is 5.41 Å². The zero-order chi connectivity index (χ0) is 11.8. The molecule has 0 aliphatic carbocycles. The first-order chi connectivity index (χ1) is 7.48. The van der Waals surface area contributed by atoms with Crippen LogP contribution < -0.4 is 0 Å². The first-order valence-electron chi connectivity index (χ1n) is 5.45. The number of hydrogen-bond donors (Lipinski definition) is 0. The molecule has 84 valence electrons. The standard InChI is InChI=1S/C13H17N3/c1-10-6-5-7-16(10)12-9-14-11(8-15-12)13(2,3)4/h5-9H,1-4H3. The predicted octanol–water partition coefficient (Wildman–Crippen LogP) is 2.87. The molecule has 0 aromatic carbocycles. The highest BCUT2D eigenvalue weighted by molar-refractivity contribution is 5.26. The van der Waals surface area contributed by atoms with E-state index in [-0.39, 0.29) is 5.41 Å². The van der Waals surface area contributed by atoms with Crippen molar-refractivity contribution in [2.24, 2.45) is 0 Å². The zero-order valence-corrected chi connectivity index (χ0v) is 10.2. The average molecular weight is 215 g/mol. The van der Waals surface area contributed by atoms with Gasteiger partial charge in [0.1, 0.15) is 0 Å². The molecule has 0 amide bonds. The molecular weight excluding hydrogens is 198 g/mol. The van der Waals surface area contributed by atoms with Crippen molar-refractivity contribution >= 4 is 0 Å². The van der Waals surface area contributed by atoms with E-state index < -0.39 is 0 Å². The molecule has 0 bridgehead atoms. The molecule has 0 radical (unpaired) electrons. The van der Waals surface area contributed by atoms with Gasteiger partial charge in [-0.3, -0.25) is 4.98 Å². The fraction of sp³-hybridized carbons (Fsp3) is 0.385. The lowest BCUT2D eigenvalue weighted by atomic mass is 9.93. The van der Waals surface area contributed by atoms with Crippen molar-refractivity contribution in [3.8, 4) is 5.82 Å². The van der Waals surface area contributed by atoms with Gasteiger partial charge in [-0.2, -0.15) is 0 Å². The molecule has 0 saturated heterocycles. The number of aryl methyl sites for hydroxylation is 1. The molecule has 0 unspecified atom stereocenters. The van der Waals surface area contributed by atoms with Crippen molar-refractivity contribution < 1.29 is 0 Å². The lowest BCUT2D eigenvalue weighted by molar-refractivity contribution is 0.564. The van der Waals surface area contributed by atoms with Crippen LogP contribution >= 0.6 is 0 Å². The molecule has 0 N–H and O–H groups in total. The Balaban J connectivity index is 2.37. The van der Waals surface area contributed by atoms with Gasteiger partial charge in [0.2, 0.25) is 0 Å². The minimum atomic E-state index is 0.0528. The summed E-state index contributed by atoms with van der Waals surface area (Å²) in [5.41, 5.74) is 2.23. The van der Waals surface area contributed by atoms with E-state index in [1.54, 1.807) is 0 Å². The topological polar surface area (TPSA) is 30.7 Å². The summed E-state index contributed by atoms with van der Waals surface area (Å²) >= 11 is 0. The lowest BCUT2D eigenvalue weighted by Crippen LogP contribution is -2.14. The molecule has 16 heavy (non-hydrogen) atoms. The van der Waals surface area contributed by atoms with Crippen LogP contribution in [0.5, 0.6) is 0 Å². The van der Waals surface area contributed by atoms with Crippen molar-refractivity contribution in [3.63, 3.8) is 0 Å². The summed E-state index contributed by atoms with van der Waals surface area (Å²) in [7, 11) is 0. The van der Waals surface area contributed by atoms with Crippen LogP contribution in [0.1, 0.15) is 32.2 Å². The van der Waals surface area contributed by atoms with Gasteiger partial charge in [-0.15, -0.1) is 0 Å². The summed E-state index contributed by atoms with van der Waals surface area (Å²) in [4.78, 5) is 8.91. The second-order valence-electron chi connectivity index (χ2n) is 5.03. The Kier molecular flexibility index (Phi) is 2.54. The molecule has 0 saturated carbocycles. The number of nitrogens with zero attached hydrogens (tertiary/aromatic N) is 3. The average Bonchev–Trinajstić information content (AvgIpc) is 2.63. The minimum Gasteiger partial charge on any atom is -0.305 e. The van der Waals surface area contributed by atoms with E-state index >= 15 is 0 Å². The fourth-order valence-corrected chi connectivity index (χ4v) is 1.56. The van der Waals surface area contributed by atoms with Crippen molar-refractivity contribution in [2.75, 3.05) is 0 Å².